The summed E-state index contributed by atoms with van der Waals surface area (Å²) in [7, 11) is 0. The summed E-state index contributed by atoms with van der Waals surface area (Å²) in [5, 5.41) is 3.70. The van der Waals surface area contributed by atoms with Crippen molar-refractivity contribution in [3.8, 4) is 5.75 Å². The summed E-state index contributed by atoms with van der Waals surface area (Å²) < 4.78 is 7.07. The van der Waals surface area contributed by atoms with Crippen LogP contribution in [0.3, 0.4) is 0 Å². The number of halogens is 1. The summed E-state index contributed by atoms with van der Waals surface area (Å²) in [6.45, 7) is 6.37. The van der Waals surface area contributed by atoms with Crippen molar-refractivity contribution in [1.29, 1.82) is 0 Å². The predicted molar refractivity (Wildman–Crippen MR) is 88.5 cm³/mol. The van der Waals surface area contributed by atoms with Gasteiger partial charge in [-0.15, -0.1) is 0 Å². The standard InChI is InChI=1S/C17H26BrNO/c1-3-5-6-7-16(19-9-4-2)15-12-14(18)11-13-8-10-20-17(13)15/h11-12,16,19H,3-10H2,1-2H3. The van der Waals surface area contributed by atoms with E-state index in [1.54, 1.807) is 0 Å². The van der Waals surface area contributed by atoms with E-state index in [1.165, 1.54) is 47.7 Å². The topological polar surface area (TPSA) is 21.3 Å². The summed E-state index contributed by atoms with van der Waals surface area (Å²) in [6.07, 6.45) is 7.26. The number of benzene rings is 1. The van der Waals surface area contributed by atoms with Gasteiger partial charge in [-0.1, -0.05) is 49.0 Å². The lowest BCUT2D eigenvalue weighted by Gasteiger charge is -2.21. The molecular weight excluding hydrogens is 314 g/mol. The maximum Gasteiger partial charge on any atom is 0.127 e. The zero-order valence-corrected chi connectivity index (χ0v) is 14.3. The number of fused-ring (bicyclic) bond motifs is 1. The molecule has 1 unspecified atom stereocenters. The first-order valence-electron chi connectivity index (χ1n) is 7.94. The van der Waals surface area contributed by atoms with Crippen molar-refractivity contribution >= 4 is 15.9 Å². The number of ether oxygens (including phenoxy) is 1. The number of hydrogen-bond acceptors (Lipinski definition) is 2. The summed E-state index contributed by atoms with van der Waals surface area (Å²) in [6, 6.07) is 4.86. The van der Waals surface area contributed by atoms with Crippen LogP contribution in [-0.4, -0.2) is 13.2 Å². The van der Waals surface area contributed by atoms with E-state index in [0.29, 0.717) is 6.04 Å². The molecule has 0 amide bonds. The van der Waals surface area contributed by atoms with Crippen LogP contribution in [0.25, 0.3) is 0 Å². The Morgan fingerprint density at radius 3 is 2.85 bits per heavy atom. The molecule has 0 saturated carbocycles. The minimum atomic E-state index is 0.422. The molecule has 1 aromatic carbocycles. The van der Waals surface area contributed by atoms with Crippen molar-refractivity contribution in [2.45, 2.75) is 58.4 Å². The highest BCUT2D eigenvalue weighted by Gasteiger charge is 2.22. The molecule has 1 aliphatic rings. The number of unbranched alkanes of at least 4 members (excludes halogenated alkanes) is 2. The lowest BCUT2D eigenvalue weighted by Crippen LogP contribution is -2.22. The van der Waals surface area contributed by atoms with Crippen LogP contribution in [0.2, 0.25) is 0 Å². The van der Waals surface area contributed by atoms with E-state index in [9.17, 15) is 0 Å². The lowest BCUT2D eigenvalue weighted by molar-refractivity contribution is 0.345. The van der Waals surface area contributed by atoms with Crippen LogP contribution >= 0.6 is 15.9 Å². The Morgan fingerprint density at radius 1 is 1.25 bits per heavy atom. The number of nitrogens with one attached hydrogen (secondary N) is 1. The quantitative estimate of drug-likeness (QED) is 0.672. The third kappa shape index (κ3) is 3.98. The Kier molecular flexibility index (Phi) is 6.37. The zero-order chi connectivity index (χ0) is 14.4. The van der Waals surface area contributed by atoms with Crippen molar-refractivity contribution in [2.75, 3.05) is 13.2 Å². The smallest absolute Gasteiger partial charge is 0.127 e. The SMILES string of the molecule is CCCCCC(NCCC)c1cc(Br)cc2c1OCC2. The molecule has 1 aromatic rings. The lowest BCUT2D eigenvalue weighted by atomic mass is 9.97. The fraction of sp³-hybridized carbons (Fsp3) is 0.647. The van der Waals surface area contributed by atoms with Crippen LogP contribution in [0.15, 0.2) is 16.6 Å². The molecule has 0 fully saturated rings. The molecule has 20 heavy (non-hydrogen) atoms. The average molecular weight is 340 g/mol. The first-order chi connectivity index (χ1) is 9.76. The number of hydrogen-bond donors (Lipinski definition) is 1. The van der Waals surface area contributed by atoms with Crippen LogP contribution in [0, 0.1) is 0 Å². The summed E-state index contributed by atoms with van der Waals surface area (Å²) in [5.41, 5.74) is 2.70. The van der Waals surface area contributed by atoms with Gasteiger partial charge in [0.25, 0.3) is 0 Å². The molecule has 0 aromatic heterocycles. The fourth-order valence-electron chi connectivity index (χ4n) is 2.84. The molecule has 0 aliphatic carbocycles. The van der Waals surface area contributed by atoms with E-state index in [-0.39, 0.29) is 0 Å². The van der Waals surface area contributed by atoms with E-state index in [2.05, 4.69) is 47.2 Å². The van der Waals surface area contributed by atoms with E-state index < -0.39 is 0 Å². The highest BCUT2D eigenvalue weighted by molar-refractivity contribution is 9.10. The number of rotatable bonds is 8. The van der Waals surface area contributed by atoms with Crippen LogP contribution in [0.4, 0.5) is 0 Å². The second-order valence-electron chi connectivity index (χ2n) is 5.58. The van der Waals surface area contributed by atoms with E-state index >= 15 is 0 Å². The van der Waals surface area contributed by atoms with Crippen molar-refractivity contribution in [3.05, 3.63) is 27.7 Å². The predicted octanol–water partition coefficient (Wildman–Crippen LogP) is 5.01. The highest BCUT2D eigenvalue weighted by Crippen LogP contribution is 2.38. The normalized spacial score (nSPS) is 14.9. The first kappa shape index (κ1) is 15.8. The molecule has 1 aliphatic heterocycles. The zero-order valence-electron chi connectivity index (χ0n) is 12.7. The van der Waals surface area contributed by atoms with Gasteiger partial charge < -0.3 is 10.1 Å². The summed E-state index contributed by atoms with van der Waals surface area (Å²) in [5.74, 6) is 1.14. The average Bonchev–Trinajstić information content (AvgIpc) is 2.90. The maximum atomic E-state index is 5.89. The van der Waals surface area contributed by atoms with Gasteiger partial charge in [-0.05, 0) is 37.1 Å². The molecule has 1 heterocycles. The van der Waals surface area contributed by atoms with Gasteiger partial charge >= 0.3 is 0 Å². The molecule has 2 rings (SSSR count). The molecule has 0 radical (unpaired) electrons. The third-order valence-corrected chi connectivity index (χ3v) is 4.35. The molecule has 0 bridgehead atoms. The van der Waals surface area contributed by atoms with Gasteiger partial charge in [-0.2, -0.15) is 0 Å². The Balaban J connectivity index is 2.18. The van der Waals surface area contributed by atoms with E-state index in [1.807, 2.05) is 0 Å². The largest absolute Gasteiger partial charge is 0.493 e. The molecule has 1 atom stereocenters. The van der Waals surface area contributed by atoms with Crippen LogP contribution < -0.4 is 10.1 Å². The Labute approximate surface area is 131 Å². The van der Waals surface area contributed by atoms with Gasteiger partial charge in [0.1, 0.15) is 5.75 Å². The molecule has 0 saturated heterocycles. The Morgan fingerprint density at radius 2 is 2.10 bits per heavy atom. The Hall–Kier alpha value is -0.540. The monoisotopic (exact) mass is 339 g/mol. The van der Waals surface area contributed by atoms with Crippen molar-refractivity contribution in [3.63, 3.8) is 0 Å². The van der Waals surface area contributed by atoms with Gasteiger partial charge in [0.15, 0.2) is 0 Å². The maximum absolute atomic E-state index is 5.89. The molecule has 112 valence electrons. The molecule has 0 spiro atoms. The second-order valence-corrected chi connectivity index (χ2v) is 6.50. The molecular formula is C17H26BrNO. The Bertz CT molecular complexity index is 433. The van der Waals surface area contributed by atoms with Crippen LogP contribution in [-0.2, 0) is 6.42 Å². The summed E-state index contributed by atoms with van der Waals surface area (Å²) >= 11 is 3.65. The van der Waals surface area contributed by atoms with Crippen molar-refractivity contribution in [2.24, 2.45) is 0 Å². The van der Waals surface area contributed by atoms with Gasteiger partial charge in [0, 0.05) is 22.5 Å². The minimum Gasteiger partial charge on any atom is -0.493 e. The van der Waals surface area contributed by atoms with Crippen LogP contribution in [0.5, 0.6) is 5.75 Å². The van der Waals surface area contributed by atoms with E-state index in [0.717, 1.165) is 25.3 Å². The van der Waals surface area contributed by atoms with Gasteiger partial charge in [-0.25, -0.2) is 0 Å². The van der Waals surface area contributed by atoms with Gasteiger partial charge in [0.2, 0.25) is 0 Å². The highest BCUT2D eigenvalue weighted by atomic mass is 79.9. The van der Waals surface area contributed by atoms with Crippen molar-refractivity contribution < 1.29 is 4.74 Å². The van der Waals surface area contributed by atoms with Crippen LogP contribution in [0.1, 0.15) is 63.1 Å². The van der Waals surface area contributed by atoms with Gasteiger partial charge in [0.05, 0.1) is 6.61 Å². The van der Waals surface area contributed by atoms with Crippen molar-refractivity contribution in [1.82, 2.24) is 5.32 Å². The first-order valence-corrected chi connectivity index (χ1v) is 8.74. The van der Waals surface area contributed by atoms with Gasteiger partial charge in [-0.3, -0.25) is 0 Å². The van der Waals surface area contributed by atoms with E-state index in [4.69, 9.17) is 4.74 Å². The second kappa shape index (κ2) is 8.04. The fourth-order valence-corrected chi connectivity index (χ4v) is 3.36. The molecule has 3 heteroatoms. The summed E-state index contributed by atoms with van der Waals surface area (Å²) in [4.78, 5) is 0. The minimum absolute atomic E-state index is 0.422. The molecule has 1 N–H and O–H groups in total. The molecule has 2 nitrogen and oxygen atoms in total. The third-order valence-electron chi connectivity index (χ3n) is 3.89.